The summed E-state index contributed by atoms with van der Waals surface area (Å²) in [6.07, 6.45) is 3.09. The molecule has 0 fully saturated rings. The zero-order valence-corrected chi connectivity index (χ0v) is 18.3. The number of sulfone groups is 1. The van der Waals surface area contributed by atoms with E-state index in [0.29, 0.717) is 11.1 Å². The van der Waals surface area contributed by atoms with E-state index in [2.05, 4.69) is 10.3 Å². The standard InChI is InChI=1S/C24H25FN2O3S/c1-17(2)19-7-11-22(12-8-19)31(29,30)23(20-4-3-13-26-15-20)16-27-24(28)14-18-5-9-21(25)10-6-18/h3-13,15,17,23H,14,16H2,1-2H3,(H,27,28). The number of rotatable bonds is 8. The van der Waals surface area contributed by atoms with Gasteiger partial charge in [-0.2, -0.15) is 0 Å². The molecule has 1 N–H and O–H groups in total. The second-order valence-corrected chi connectivity index (χ2v) is 9.78. The Balaban J connectivity index is 1.81. The third-order valence-corrected chi connectivity index (χ3v) is 7.19. The van der Waals surface area contributed by atoms with Crippen LogP contribution in [0.25, 0.3) is 0 Å². The molecule has 1 atom stereocenters. The third-order valence-electron chi connectivity index (χ3n) is 5.07. The van der Waals surface area contributed by atoms with Gasteiger partial charge in [-0.3, -0.25) is 9.78 Å². The van der Waals surface area contributed by atoms with Gasteiger partial charge in [-0.25, -0.2) is 12.8 Å². The number of pyridine rings is 1. The van der Waals surface area contributed by atoms with Gasteiger partial charge in [-0.05, 0) is 52.9 Å². The number of carbonyl (C=O) groups is 1. The summed E-state index contributed by atoms with van der Waals surface area (Å²) >= 11 is 0. The van der Waals surface area contributed by atoms with Crippen LogP contribution in [0.2, 0.25) is 0 Å². The highest BCUT2D eigenvalue weighted by Crippen LogP contribution is 2.29. The number of benzene rings is 2. The summed E-state index contributed by atoms with van der Waals surface area (Å²) in [6, 6.07) is 15.8. The van der Waals surface area contributed by atoms with Crippen LogP contribution in [0.1, 0.15) is 41.7 Å². The Hall–Kier alpha value is -3.06. The van der Waals surface area contributed by atoms with Gasteiger partial charge in [0.15, 0.2) is 9.84 Å². The molecule has 0 aliphatic carbocycles. The molecule has 162 valence electrons. The predicted molar refractivity (Wildman–Crippen MR) is 118 cm³/mol. The molecule has 7 heteroatoms. The molecule has 0 saturated heterocycles. The summed E-state index contributed by atoms with van der Waals surface area (Å²) < 4.78 is 39.9. The Kier molecular flexibility index (Phi) is 7.17. The number of halogens is 1. The molecule has 31 heavy (non-hydrogen) atoms. The summed E-state index contributed by atoms with van der Waals surface area (Å²) in [5, 5.41) is 1.73. The second kappa shape index (κ2) is 9.83. The molecule has 1 unspecified atom stereocenters. The molecule has 0 bridgehead atoms. The zero-order chi connectivity index (χ0) is 22.4. The number of nitrogens with one attached hydrogen (secondary N) is 1. The molecule has 1 heterocycles. The van der Waals surface area contributed by atoms with Crippen LogP contribution in [0.4, 0.5) is 4.39 Å². The smallest absolute Gasteiger partial charge is 0.224 e. The number of nitrogens with zero attached hydrogens (tertiary/aromatic N) is 1. The summed E-state index contributed by atoms with van der Waals surface area (Å²) in [5.74, 6) is -0.433. The molecule has 5 nitrogen and oxygen atoms in total. The Morgan fingerprint density at radius 3 is 2.26 bits per heavy atom. The lowest BCUT2D eigenvalue weighted by molar-refractivity contribution is -0.120. The van der Waals surface area contributed by atoms with E-state index in [-0.39, 0.29) is 35.5 Å². The molecule has 3 rings (SSSR count). The molecule has 1 amide bonds. The molecular weight excluding hydrogens is 415 g/mol. The van der Waals surface area contributed by atoms with Crippen molar-refractivity contribution in [3.63, 3.8) is 0 Å². The van der Waals surface area contributed by atoms with Crippen molar-refractivity contribution in [1.29, 1.82) is 0 Å². The van der Waals surface area contributed by atoms with Gasteiger partial charge in [0.2, 0.25) is 5.91 Å². The third kappa shape index (κ3) is 5.76. The number of hydrogen-bond donors (Lipinski definition) is 1. The topological polar surface area (TPSA) is 76.1 Å². The van der Waals surface area contributed by atoms with Crippen molar-refractivity contribution < 1.29 is 17.6 Å². The highest BCUT2D eigenvalue weighted by Gasteiger charge is 2.30. The van der Waals surface area contributed by atoms with E-state index in [1.165, 1.54) is 30.5 Å². The van der Waals surface area contributed by atoms with E-state index < -0.39 is 15.1 Å². The normalized spacial score (nSPS) is 12.5. The van der Waals surface area contributed by atoms with Crippen LogP contribution in [0.3, 0.4) is 0 Å². The minimum Gasteiger partial charge on any atom is -0.354 e. The van der Waals surface area contributed by atoms with Crippen LogP contribution in [-0.4, -0.2) is 25.9 Å². The molecule has 3 aromatic rings. The summed E-state index contributed by atoms with van der Waals surface area (Å²) in [7, 11) is -3.78. The minimum atomic E-state index is -3.78. The first-order chi connectivity index (χ1) is 14.8. The van der Waals surface area contributed by atoms with Gasteiger partial charge < -0.3 is 5.32 Å². The lowest BCUT2D eigenvalue weighted by Gasteiger charge is -2.19. The first-order valence-corrected chi connectivity index (χ1v) is 11.6. The van der Waals surface area contributed by atoms with Crippen molar-refractivity contribution in [3.05, 3.63) is 95.6 Å². The molecule has 1 aromatic heterocycles. The van der Waals surface area contributed by atoms with Gasteiger partial charge in [-0.1, -0.05) is 44.2 Å². The average molecular weight is 441 g/mol. The van der Waals surface area contributed by atoms with Crippen molar-refractivity contribution in [1.82, 2.24) is 10.3 Å². The Bertz CT molecular complexity index is 1110. The van der Waals surface area contributed by atoms with Crippen LogP contribution in [0.15, 0.2) is 78.0 Å². The van der Waals surface area contributed by atoms with Crippen LogP contribution < -0.4 is 5.32 Å². The molecule has 2 aromatic carbocycles. The zero-order valence-electron chi connectivity index (χ0n) is 17.5. The summed E-state index contributed by atoms with van der Waals surface area (Å²) in [6.45, 7) is 3.98. The van der Waals surface area contributed by atoms with Crippen molar-refractivity contribution in [2.45, 2.75) is 36.3 Å². The number of amides is 1. The van der Waals surface area contributed by atoms with E-state index in [1.807, 2.05) is 26.0 Å². The molecular formula is C24H25FN2O3S. The Morgan fingerprint density at radius 1 is 1.00 bits per heavy atom. The first-order valence-electron chi connectivity index (χ1n) is 10.0. The van der Waals surface area contributed by atoms with Crippen LogP contribution in [0.5, 0.6) is 0 Å². The lowest BCUT2D eigenvalue weighted by atomic mass is 10.0. The van der Waals surface area contributed by atoms with E-state index in [9.17, 15) is 17.6 Å². The van der Waals surface area contributed by atoms with Crippen molar-refractivity contribution in [2.75, 3.05) is 6.54 Å². The van der Waals surface area contributed by atoms with E-state index in [1.54, 1.807) is 30.5 Å². The fourth-order valence-electron chi connectivity index (χ4n) is 3.24. The van der Waals surface area contributed by atoms with Crippen molar-refractivity contribution in [3.8, 4) is 0 Å². The molecule has 0 aliphatic heterocycles. The maximum absolute atomic E-state index is 13.4. The average Bonchev–Trinajstić information content (AvgIpc) is 2.76. The number of carbonyl (C=O) groups excluding carboxylic acids is 1. The summed E-state index contributed by atoms with van der Waals surface area (Å²) in [5.41, 5.74) is 2.19. The van der Waals surface area contributed by atoms with E-state index in [0.717, 1.165) is 5.56 Å². The van der Waals surface area contributed by atoms with Gasteiger partial charge in [0.1, 0.15) is 11.1 Å². The molecule has 0 aliphatic rings. The highest BCUT2D eigenvalue weighted by molar-refractivity contribution is 7.91. The lowest BCUT2D eigenvalue weighted by Crippen LogP contribution is -2.33. The van der Waals surface area contributed by atoms with Gasteiger partial charge in [-0.15, -0.1) is 0 Å². The second-order valence-electron chi connectivity index (χ2n) is 7.65. The SMILES string of the molecule is CC(C)c1ccc(S(=O)(=O)C(CNC(=O)Cc2ccc(F)cc2)c2cccnc2)cc1. The van der Waals surface area contributed by atoms with Gasteiger partial charge in [0.25, 0.3) is 0 Å². The van der Waals surface area contributed by atoms with E-state index >= 15 is 0 Å². The largest absolute Gasteiger partial charge is 0.354 e. The maximum Gasteiger partial charge on any atom is 0.224 e. The van der Waals surface area contributed by atoms with Crippen LogP contribution in [-0.2, 0) is 21.1 Å². The molecule has 0 saturated carbocycles. The first kappa shape index (κ1) is 22.6. The van der Waals surface area contributed by atoms with Crippen molar-refractivity contribution >= 4 is 15.7 Å². The fraction of sp³-hybridized carbons (Fsp3) is 0.250. The quantitative estimate of drug-likeness (QED) is 0.569. The van der Waals surface area contributed by atoms with Crippen molar-refractivity contribution in [2.24, 2.45) is 0 Å². The molecule has 0 spiro atoms. The summed E-state index contributed by atoms with van der Waals surface area (Å²) in [4.78, 5) is 16.6. The van der Waals surface area contributed by atoms with Crippen LogP contribution in [0, 0.1) is 5.82 Å². The monoisotopic (exact) mass is 440 g/mol. The maximum atomic E-state index is 13.4. The molecule has 0 radical (unpaired) electrons. The highest BCUT2D eigenvalue weighted by atomic mass is 32.2. The van der Waals surface area contributed by atoms with Gasteiger partial charge in [0.05, 0.1) is 11.3 Å². The number of hydrogen-bond acceptors (Lipinski definition) is 4. The van der Waals surface area contributed by atoms with Gasteiger partial charge in [0, 0.05) is 18.9 Å². The Labute approximate surface area is 182 Å². The minimum absolute atomic E-state index is 0.0309. The fourth-order valence-corrected chi connectivity index (χ4v) is 4.88. The number of aromatic nitrogens is 1. The van der Waals surface area contributed by atoms with E-state index in [4.69, 9.17) is 0 Å². The predicted octanol–water partition coefficient (Wildman–Crippen LogP) is 4.22. The Morgan fingerprint density at radius 2 is 1.68 bits per heavy atom. The van der Waals surface area contributed by atoms with Gasteiger partial charge >= 0.3 is 0 Å². The van der Waals surface area contributed by atoms with Crippen LogP contribution >= 0.6 is 0 Å².